The van der Waals surface area contributed by atoms with Gasteiger partial charge in [0.25, 0.3) is 0 Å². The van der Waals surface area contributed by atoms with E-state index >= 15 is 0 Å². The zero-order valence-electron chi connectivity index (χ0n) is 8.02. The third-order valence-corrected chi connectivity index (χ3v) is 2.02. The average molecular weight is 203 g/mol. The number of rotatable bonds is 1. The maximum atomic E-state index is 12.5. The van der Waals surface area contributed by atoms with Crippen LogP contribution in [0.5, 0.6) is 0 Å². The lowest BCUT2D eigenvalue weighted by Crippen LogP contribution is -2.12. The molecule has 1 aromatic rings. The van der Waals surface area contributed by atoms with Crippen LogP contribution < -0.4 is 5.73 Å². The monoisotopic (exact) mass is 203 g/mol. The summed E-state index contributed by atoms with van der Waals surface area (Å²) in [6.45, 7) is 3.39. The van der Waals surface area contributed by atoms with Crippen LogP contribution in [0.1, 0.15) is 30.9 Å². The Morgan fingerprint density at radius 3 is 2.14 bits per heavy atom. The summed E-state index contributed by atoms with van der Waals surface area (Å²) in [5.74, 6) is -0.229. The van der Waals surface area contributed by atoms with E-state index in [2.05, 4.69) is 0 Å². The van der Waals surface area contributed by atoms with Gasteiger partial charge >= 0.3 is 6.18 Å². The van der Waals surface area contributed by atoms with Gasteiger partial charge in [-0.05, 0) is 23.6 Å². The average Bonchev–Trinajstić information content (AvgIpc) is 2.01. The lowest BCUT2D eigenvalue weighted by molar-refractivity contribution is -0.138. The smallest absolute Gasteiger partial charge is 0.398 e. The summed E-state index contributed by atoms with van der Waals surface area (Å²) in [6, 6.07) is 3.88. The van der Waals surface area contributed by atoms with Crippen molar-refractivity contribution in [2.45, 2.75) is 25.9 Å². The third kappa shape index (κ3) is 2.00. The van der Waals surface area contributed by atoms with Gasteiger partial charge in [0, 0.05) is 5.69 Å². The molecule has 1 rings (SSSR count). The Morgan fingerprint density at radius 1 is 1.21 bits per heavy atom. The van der Waals surface area contributed by atoms with Gasteiger partial charge in [-0.2, -0.15) is 13.2 Å². The molecule has 1 nitrogen and oxygen atoms in total. The first-order chi connectivity index (χ1) is 6.34. The molecule has 0 fully saturated rings. The van der Waals surface area contributed by atoms with E-state index in [-0.39, 0.29) is 17.2 Å². The van der Waals surface area contributed by atoms with Crippen molar-refractivity contribution in [3.8, 4) is 0 Å². The number of hydrogen-bond acceptors (Lipinski definition) is 1. The van der Waals surface area contributed by atoms with Gasteiger partial charge in [-0.25, -0.2) is 0 Å². The number of halogens is 3. The highest BCUT2D eigenvalue weighted by molar-refractivity contribution is 5.53. The van der Waals surface area contributed by atoms with Crippen LogP contribution in [-0.2, 0) is 6.18 Å². The van der Waals surface area contributed by atoms with Crippen molar-refractivity contribution in [1.29, 1.82) is 0 Å². The largest absolute Gasteiger partial charge is 0.416 e. The van der Waals surface area contributed by atoms with Crippen molar-refractivity contribution >= 4 is 5.69 Å². The molecule has 0 aliphatic heterocycles. The molecule has 0 saturated carbocycles. The van der Waals surface area contributed by atoms with E-state index in [0.717, 1.165) is 6.07 Å². The second-order valence-corrected chi connectivity index (χ2v) is 3.46. The maximum absolute atomic E-state index is 12.5. The van der Waals surface area contributed by atoms with Crippen molar-refractivity contribution in [1.82, 2.24) is 0 Å². The van der Waals surface area contributed by atoms with Gasteiger partial charge in [0.2, 0.25) is 0 Å². The van der Waals surface area contributed by atoms with Gasteiger partial charge < -0.3 is 5.73 Å². The van der Waals surface area contributed by atoms with E-state index in [1.165, 1.54) is 12.1 Å². The first-order valence-corrected chi connectivity index (χ1v) is 4.29. The van der Waals surface area contributed by atoms with Crippen LogP contribution in [0.2, 0.25) is 0 Å². The summed E-state index contributed by atoms with van der Waals surface area (Å²) >= 11 is 0. The molecule has 0 spiro atoms. The minimum Gasteiger partial charge on any atom is -0.398 e. The van der Waals surface area contributed by atoms with Gasteiger partial charge in [-0.1, -0.05) is 19.9 Å². The lowest BCUT2D eigenvalue weighted by Gasteiger charge is -2.17. The summed E-state index contributed by atoms with van der Waals surface area (Å²) in [4.78, 5) is 0. The second-order valence-electron chi connectivity index (χ2n) is 3.46. The number of nitrogen functional groups attached to an aromatic ring is 1. The van der Waals surface area contributed by atoms with Crippen molar-refractivity contribution in [2.24, 2.45) is 0 Å². The van der Waals surface area contributed by atoms with E-state index in [9.17, 15) is 13.2 Å². The molecule has 0 radical (unpaired) electrons. The molecule has 0 unspecified atom stereocenters. The van der Waals surface area contributed by atoms with Crippen LogP contribution in [0.25, 0.3) is 0 Å². The Labute approximate surface area is 80.7 Å². The highest BCUT2D eigenvalue weighted by atomic mass is 19.4. The number of benzene rings is 1. The predicted octanol–water partition coefficient (Wildman–Crippen LogP) is 3.41. The normalized spacial score (nSPS) is 12.1. The number of alkyl halides is 3. The van der Waals surface area contributed by atoms with Crippen molar-refractivity contribution < 1.29 is 13.2 Å². The van der Waals surface area contributed by atoms with Crippen molar-refractivity contribution in [3.63, 3.8) is 0 Å². The molecular formula is C10H12F3N. The quantitative estimate of drug-likeness (QED) is 0.695. The van der Waals surface area contributed by atoms with Gasteiger partial charge in [-0.3, -0.25) is 0 Å². The predicted molar refractivity (Wildman–Crippen MR) is 49.9 cm³/mol. The number of anilines is 1. The summed E-state index contributed by atoms with van der Waals surface area (Å²) in [6.07, 6.45) is -4.32. The van der Waals surface area contributed by atoms with Crippen molar-refractivity contribution in [2.75, 3.05) is 5.73 Å². The molecule has 1 aromatic carbocycles. The summed E-state index contributed by atoms with van der Waals surface area (Å²) in [7, 11) is 0. The Kier molecular flexibility index (Phi) is 2.73. The highest BCUT2D eigenvalue weighted by Gasteiger charge is 2.34. The molecule has 2 N–H and O–H groups in total. The van der Waals surface area contributed by atoms with Crippen LogP contribution in [0.15, 0.2) is 18.2 Å². The number of nitrogens with two attached hydrogens (primary N) is 1. The van der Waals surface area contributed by atoms with Crippen LogP contribution in [0.4, 0.5) is 18.9 Å². The first-order valence-electron chi connectivity index (χ1n) is 4.29. The van der Waals surface area contributed by atoms with E-state index < -0.39 is 11.7 Å². The fourth-order valence-electron chi connectivity index (χ4n) is 1.47. The van der Waals surface area contributed by atoms with E-state index in [0.29, 0.717) is 0 Å². The molecule has 0 aliphatic rings. The minimum absolute atomic E-state index is 0.181. The Hall–Kier alpha value is -1.19. The molecule has 0 bridgehead atoms. The van der Waals surface area contributed by atoms with E-state index in [1.807, 2.05) is 0 Å². The lowest BCUT2D eigenvalue weighted by atomic mass is 9.95. The molecular weight excluding hydrogens is 191 g/mol. The van der Waals surface area contributed by atoms with Crippen LogP contribution in [-0.4, -0.2) is 0 Å². The molecule has 0 aromatic heterocycles. The van der Waals surface area contributed by atoms with Crippen LogP contribution in [0, 0.1) is 0 Å². The Bertz CT molecular complexity index is 329. The molecule has 0 saturated heterocycles. The zero-order chi connectivity index (χ0) is 10.9. The molecule has 14 heavy (non-hydrogen) atoms. The Morgan fingerprint density at radius 2 is 1.79 bits per heavy atom. The fourth-order valence-corrected chi connectivity index (χ4v) is 1.47. The van der Waals surface area contributed by atoms with Gasteiger partial charge in [-0.15, -0.1) is 0 Å². The topological polar surface area (TPSA) is 26.0 Å². The number of hydrogen-bond donors (Lipinski definition) is 1. The van der Waals surface area contributed by atoms with E-state index in [4.69, 9.17) is 5.73 Å². The standard InChI is InChI=1S/C10H12F3N/c1-6(2)9-7(10(11,12)13)4-3-5-8(9)14/h3-6H,14H2,1-2H3. The molecule has 0 amide bonds. The molecule has 4 heteroatoms. The Balaban J connectivity index is 3.36. The van der Waals surface area contributed by atoms with E-state index in [1.54, 1.807) is 13.8 Å². The SMILES string of the molecule is CC(C)c1c(N)cccc1C(F)(F)F. The third-order valence-electron chi connectivity index (χ3n) is 2.02. The highest BCUT2D eigenvalue weighted by Crippen LogP contribution is 2.37. The fraction of sp³-hybridized carbons (Fsp3) is 0.400. The van der Waals surface area contributed by atoms with Crippen molar-refractivity contribution in [3.05, 3.63) is 29.3 Å². The molecule has 78 valence electrons. The summed E-state index contributed by atoms with van der Waals surface area (Å²) in [5, 5.41) is 0. The van der Waals surface area contributed by atoms with Crippen LogP contribution in [0.3, 0.4) is 0 Å². The summed E-state index contributed by atoms with van der Waals surface area (Å²) < 4.78 is 37.6. The second kappa shape index (κ2) is 3.52. The van der Waals surface area contributed by atoms with Gasteiger partial charge in [0.1, 0.15) is 0 Å². The first kappa shape index (κ1) is 10.9. The maximum Gasteiger partial charge on any atom is 0.416 e. The molecule has 0 aliphatic carbocycles. The zero-order valence-corrected chi connectivity index (χ0v) is 8.02. The molecule has 0 heterocycles. The van der Waals surface area contributed by atoms with Gasteiger partial charge in [0.15, 0.2) is 0 Å². The van der Waals surface area contributed by atoms with Gasteiger partial charge in [0.05, 0.1) is 5.56 Å². The molecule has 0 atom stereocenters. The summed E-state index contributed by atoms with van der Waals surface area (Å²) in [5.41, 5.74) is 5.27. The van der Waals surface area contributed by atoms with Crippen LogP contribution >= 0.6 is 0 Å². The minimum atomic E-state index is -4.32.